The Balaban J connectivity index is 2.00. The Bertz CT molecular complexity index is 392. The molecule has 2 heterocycles. The quantitative estimate of drug-likeness (QED) is 0.235. The maximum Gasteiger partial charge on any atom is 0.186 e. The van der Waals surface area contributed by atoms with Crippen LogP contribution in [0.1, 0.15) is 0 Å². The largest absolute Gasteiger partial charge is 0.394 e. The number of hydrogen-bond donors (Lipinski definition) is 8. The summed E-state index contributed by atoms with van der Waals surface area (Å²) in [4.78, 5) is 0. The predicted molar refractivity (Wildman–Crippen MR) is 73.2 cm³/mol. The second-order valence-electron chi connectivity index (χ2n) is 5.92. The summed E-state index contributed by atoms with van der Waals surface area (Å²) in [5.74, 6) is -0.958. The van der Waals surface area contributed by atoms with Gasteiger partial charge in [0.2, 0.25) is 0 Å². The van der Waals surface area contributed by atoms with Gasteiger partial charge in [-0.25, -0.2) is 0 Å². The van der Waals surface area contributed by atoms with Crippen molar-refractivity contribution < 1.29 is 55.1 Å². The summed E-state index contributed by atoms with van der Waals surface area (Å²) in [6, 6.07) is 0. The molecule has 2 aliphatic rings. The van der Waals surface area contributed by atoms with Gasteiger partial charge in [-0.15, -0.1) is 0 Å². The smallest absolute Gasteiger partial charge is 0.186 e. The van der Waals surface area contributed by atoms with Gasteiger partial charge in [-0.3, -0.25) is 0 Å². The van der Waals surface area contributed by atoms with Gasteiger partial charge in [-0.05, 0) is 0 Å². The van der Waals surface area contributed by atoms with Crippen LogP contribution in [0.25, 0.3) is 0 Å². The Morgan fingerprint density at radius 2 is 1.29 bits per heavy atom. The molecule has 2 rings (SSSR count). The van der Waals surface area contributed by atoms with Crippen molar-refractivity contribution in [2.45, 2.75) is 55.3 Å². The minimum Gasteiger partial charge on any atom is -0.394 e. The van der Waals surface area contributed by atoms with E-state index in [0.29, 0.717) is 0 Å². The van der Waals surface area contributed by atoms with Gasteiger partial charge < -0.3 is 55.1 Å². The molecule has 2 saturated heterocycles. The van der Waals surface area contributed by atoms with Crippen LogP contribution in [-0.2, 0) is 14.2 Å². The van der Waals surface area contributed by atoms with Crippen molar-refractivity contribution in [1.29, 1.82) is 0 Å². The van der Waals surface area contributed by atoms with Crippen molar-refractivity contribution in [2.24, 2.45) is 5.92 Å². The standard InChI is InChI=1S/C13H24O11/c14-1-5-4(7(16)10(19)12(21)23-5)3-22-13-11(20)9(18)8(17)6(2-15)24-13/h4-21H,1-3H2/t4-,5-,6-,7+,8-,9+,10-,11-,12-,13+/m1/s1. The van der Waals surface area contributed by atoms with E-state index >= 15 is 0 Å². The average Bonchev–Trinajstić information content (AvgIpc) is 2.58. The van der Waals surface area contributed by atoms with E-state index in [1.54, 1.807) is 0 Å². The van der Waals surface area contributed by atoms with Crippen LogP contribution in [0.15, 0.2) is 0 Å². The third-order valence-electron chi connectivity index (χ3n) is 4.35. The monoisotopic (exact) mass is 356 g/mol. The number of aliphatic hydroxyl groups is 8. The van der Waals surface area contributed by atoms with E-state index in [9.17, 15) is 35.7 Å². The zero-order chi connectivity index (χ0) is 18.0. The highest BCUT2D eigenvalue weighted by Crippen LogP contribution is 2.28. The van der Waals surface area contributed by atoms with Crippen LogP contribution in [0.4, 0.5) is 0 Å². The molecule has 0 aromatic rings. The molecular weight excluding hydrogens is 332 g/mol. The van der Waals surface area contributed by atoms with Crippen molar-refractivity contribution in [1.82, 2.24) is 0 Å². The molecule has 0 spiro atoms. The van der Waals surface area contributed by atoms with E-state index < -0.39 is 74.4 Å². The maximum atomic E-state index is 9.98. The van der Waals surface area contributed by atoms with E-state index in [4.69, 9.17) is 19.3 Å². The van der Waals surface area contributed by atoms with Gasteiger partial charge in [0, 0.05) is 5.92 Å². The van der Waals surface area contributed by atoms with Crippen LogP contribution in [0.3, 0.4) is 0 Å². The molecule has 0 aromatic heterocycles. The molecule has 11 nitrogen and oxygen atoms in total. The maximum absolute atomic E-state index is 9.98. The van der Waals surface area contributed by atoms with Crippen molar-refractivity contribution >= 4 is 0 Å². The molecule has 0 saturated carbocycles. The highest BCUT2D eigenvalue weighted by Gasteiger charge is 2.47. The lowest BCUT2D eigenvalue weighted by molar-refractivity contribution is -0.319. The van der Waals surface area contributed by atoms with E-state index in [-0.39, 0.29) is 6.61 Å². The molecule has 2 aliphatic heterocycles. The molecule has 0 amide bonds. The molecule has 0 unspecified atom stereocenters. The highest BCUT2D eigenvalue weighted by atomic mass is 16.7. The third kappa shape index (κ3) is 3.86. The lowest BCUT2D eigenvalue weighted by atomic mass is 9.90. The first-order valence-corrected chi connectivity index (χ1v) is 7.54. The number of aliphatic hydroxyl groups excluding tert-OH is 8. The van der Waals surface area contributed by atoms with E-state index in [1.807, 2.05) is 0 Å². The number of hydrogen-bond acceptors (Lipinski definition) is 11. The highest BCUT2D eigenvalue weighted by molar-refractivity contribution is 4.91. The molecule has 0 bridgehead atoms. The van der Waals surface area contributed by atoms with Crippen molar-refractivity contribution in [3.8, 4) is 0 Å². The first-order valence-electron chi connectivity index (χ1n) is 7.54. The minimum absolute atomic E-state index is 0.362. The second-order valence-corrected chi connectivity index (χ2v) is 5.92. The Kier molecular flexibility index (Phi) is 6.87. The van der Waals surface area contributed by atoms with Gasteiger partial charge in [0.15, 0.2) is 12.6 Å². The summed E-state index contributed by atoms with van der Waals surface area (Å²) in [6.07, 6.45) is -13.1. The molecule has 0 radical (unpaired) electrons. The minimum atomic E-state index is -1.67. The van der Waals surface area contributed by atoms with Crippen LogP contribution in [0.5, 0.6) is 0 Å². The van der Waals surface area contributed by atoms with Crippen molar-refractivity contribution in [3.63, 3.8) is 0 Å². The zero-order valence-corrected chi connectivity index (χ0v) is 12.7. The summed E-state index contributed by atoms with van der Waals surface area (Å²) < 4.78 is 15.4. The molecule has 0 aliphatic carbocycles. The predicted octanol–water partition coefficient (Wildman–Crippen LogP) is -5.15. The lowest BCUT2D eigenvalue weighted by Gasteiger charge is -2.43. The molecular formula is C13H24O11. The fraction of sp³-hybridized carbons (Fsp3) is 1.00. The summed E-state index contributed by atoms with van der Waals surface area (Å²) in [6.45, 7) is -1.55. The Morgan fingerprint density at radius 1 is 0.667 bits per heavy atom. The molecule has 8 N–H and O–H groups in total. The second kappa shape index (κ2) is 8.29. The fourth-order valence-corrected chi connectivity index (χ4v) is 2.80. The van der Waals surface area contributed by atoms with Gasteiger partial charge in [0.25, 0.3) is 0 Å². The SMILES string of the molecule is OC[C@H]1O[C@H](OC[C@H]2[C@H](O)[C@@H](O)[C@H](O)O[C@@H]2CO)[C@H](O)[C@@H](O)[C@@H]1O. The van der Waals surface area contributed by atoms with Crippen LogP contribution in [0.2, 0.25) is 0 Å². The van der Waals surface area contributed by atoms with Gasteiger partial charge in [0.1, 0.15) is 30.5 Å². The zero-order valence-electron chi connectivity index (χ0n) is 12.7. The Hall–Kier alpha value is -0.440. The van der Waals surface area contributed by atoms with Crippen molar-refractivity contribution in [3.05, 3.63) is 0 Å². The topological polar surface area (TPSA) is 190 Å². The number of rotatable bonds is 5. The lowest BCUT2D eigenvalue weighted by Crippen LogP contribution is -2.60. The molecule has 0 aromatic carbocycles. The van der Waals surface area contributed by atoms with Gasteiger partial charge in [-0.1, -0.05) is 0 Å². The van der Waals surface area contributed by atoms with E-state index in [1.165, 1.54) is 0 Å². The van der Waals surface area contributed by atoms with Gasteiger partial charge in [-0.2, -0.15) is 0 Å². The summed E-state index contributed by atoms with van der Waals surface area (Å²) in [5, 5.41) is 76.6. The first kappa shape index (κ1) is 19.9. The fourth-order valence-electron chi connectivity index (χ4n) is 2.80. The average molecular weight is 356 g/mol. The van der Waals surface area contributed by atoms with Crippen molar-refractivity contribution in [2.75, 3.05) is 19.8 Å². The number of ether oxygens (including phenoxy) is 3. The summed E-state index contributed by atoms with van der Waals surface area (Å²) in [5.41, 5.74) is 0. The van der Waals surface area contributed by atoms with Crippen LogP contribution in [-0.4, -0.2) is 116 Å². The molecule has 11 heteroatoms. The van der Waals surface area contributed by atoms with E-state index in [2.05, 4.69) is 0 Å². The van der Waals surface area contributed by atoms with Crippen LogP contribution in [0, 0.1) is 5.92 Å². The van der Waals surface area contributed by atoms with Gasteiger partial charge in [0.05, 0.1) is 32.0 Å². The molecule has 10 atom stereocenters. The first-order chi connectivity index (χ1) is 11.3. The summed E-state index contributed by atoms with van der Waals surface area (Å²) in [7, 11) is 0. The van der Waals surface area contributed by atoms with Gasteiger partial charge >= 0.3 is 0 Å². The van der Waals surface area contributed by atoms with Crippen LogP contribution < -0.4 is 0 Å². The Morgan fingerprint density at radius 3 is 1.88 bits per heavy atom. The van der Waals surface area contributed by atoms with E-state index in [0.717, 1.165) is 0 Å². The molecule has 142 valence electrons. The third-order valence-corrected chi connectivity index (χ3v) is 4.35. The van der Waals surface area contributed by atoms with Crippen LogP contribution >= 0.6 is 0 Å². The molecule has 2 fully saturated rings. The Labute approximate surface area is 137 Å². The normalized spacial score (nSPS) is 50.0. The molecule has 24 heavy (non-hydrogen) atoms. The summed E-state index contributed by atoms with van der Waals surface area (Å²) >= 11 is 0.